The molecular formula is C24H18ClF2N5O4. The molecule has 0 aliphatic heterocycles. The zero-order valence-electron chi connectivity index (χ0n) is 18.7. The molecule has 2 heterocycles. The van der Waals surface area contributed by atoms with Crippen molar-refractivity contribution in [1.29, 1.82) is 0 Å². The number of nitrogens with zero attached hydrogens (tertiary/aromatic N) is 4. The number of hydrogen-bond donors (Lipinski definition) is 1. The molecule has 2 aromatic carbocycles. The number of rotatable bonds is 7. The highest BCUT2D eigenvalue weighted by Gasteiger charge is 2.28. The Morgan fingerprint density at radius 3 is 2.67 bits per heavy atom. The highest BCUT2D eigenvalue weighted by atomic mass is 35.5. The standard InChI is InChI=1S/C24H18ClF2N5O4/c1-12-6-14(25)4-5-21(12)36-17-8-15(7-16(9-17)32(34)35)28-24(33)19-11-22-29-18(13-2-3-13)10-20(23(26)27)31(22)30-19/h4-11,13,23H,2-3H2,1H3,(H,28,33). The van der Waals surface area contributed by atoms with Gasteiger partial charge in [0.2, 0.25) is 0 Å². The van der Waals surface area contributed by atoms with Crippen molar-refractivity contribution in [2.75, 3.05) is 5.32 Å². The van der Waals surface area contributed by atoms with Crippen LogP contribution in [0.25, 0.3) is 5.65 Å². The van der Waals surface area contributed by atoms with Gasteiger partial charge in [-0.05, 0) is 49.6 Å². The summed E-state index contributed by atoms with van der Waals surface area (Å²) < 4.78 is 34.0. The minimum absolute atomic E-state index is 0.0635. The van der Waals surface area contributed by atoms with E-state index in [2.05, 4.69) is 15.4 Å². The zero-order chi connectivity index (χ0) is 25.6. The lowest BCUT2D eigenvalue weighted by Crippen LogP contribution is -2.13. The maximum atomic E-state index is 13.6. The second kappa shape index (κ2) is 9.15. The van der Waals surface area contributed by atoms with E-state index >= 15 is 0 Å². The van der Waals surface area contributed by atoms with Crippen molar-refractivity contribution >= 4 is 34.5 Å². The normalized spacial score (nSPS) is 13.2. The van der Waals surface area contributed by atoms with Crippen LogP contribution in [-0.4, -0.2) is 25.4 Å². The number of alkyl halides is 2. The number of nitro benzene ring substituents is 1. The number of benzene rings is 2. The quantitative estimate of drug-likeness (QED) is 0.224. The van der Waals surface area contributed by atoms with Gasteiger partial charge in [0.05, 0.1) is 16.7 Å². The molecule has 1 saturated carbocycles. The lowest BCUT2D eigenvalue weighted by Gasteiger charge is -2.11. The minimum Gasteiger partial charge on any atom is -0.457 e. The molecule has 12 heteroatoms. The highest BCUT2D eigenvalue weighted by Crippen LogP contribution is 2.40. The van der Waals surface area contributed by atoms with Crippen LogP contribution in [0.2, 0.25) is 5.02 Å². The van der Waals surface area contributed by atoms with Crippen LogP contribution in [0, 0.1) is 17.0 Å². The van der Waals surface area contributed by atoms with Crippen molar-refractivity contribution in [3.8, 4) is 11.5 Å². The Morgan fingerprint density at radius 1 is 1.22 bits per heavy atom. The maximum absolute atomic E-state index is 13.6. The van der Waals surface area contributed by atoms with Crippen LogP contribution in [0.3, 0.4) is 0 Å². The summed E-state index contributed by atoms with van der Waals surface area (Å²) in [7, 11) is 0. The summed E-state index contributed by atoms with van der Waals surface area (Å²) in [5, 5.41) is 18.5. The Kier molecular flexibility index (Phi) is 6.00. The summed E-state index contributed by atoms with van der Waals surface area (Å²) in [6, 6.07) is 11.3. The first-order valence-corrected chi connectivity index (χ1v) is 11.3. The SMILES string of the molecule is Cc1cc(Cl)ccc1Oc1cc(NC(=O)c2cc3nc(C4CC4)cc(C(F)F)n3n2)cc([N+](=O)[O-])c1. The van der Waals surface area contributed by atoms with Gasteiger partial charge in [-0.15, -0.1) is 0 Å². The Morgan fingerprint density at radius 2 is 2.00 bits per heavy atom. The molecule has 5 rings (SSSR count). The Labute approximate surface area is 207 Å². The molecule has 1 aliphatic rings. The van der Waals surface area contributed by atoms with Gasteiger partial charge in [-0.3, -0.25) is 14.9 Å². The number of aryl methyl sites for hydroxylation is 1. The topological polar surface area (TPSA) is 112 Å². The van der Waals surface area contributed by atoms with Crippen LogP contribution in [0.5, 0.6) is 11.5 Å². The third-order valence-corrected chi connectivity index (χ3v) is 5.89. The number of carbonyl (C=O) groups excluding carboxylic acids is 1. The molecule has 184 valence electrons. The first-order valence-electron chi connectivity index (χ1n) is 10.9. The number of hydrogen-bond acceptors (Lipinski definition) is 6. The highest BCUT2D eigenvalue weighted by molar-refractivity contribution is 6.30. The molecule has 4 aromatic rings. The van der Waals surface area contributed by atoms with E-state index in [1.165, 1.54) is 24.3 Å². The molecule has 1 aliphatic carbocycles. The lowest BCUT2D eigenvalue weighted by molar-refractivity contribution is -0.384. The summed E-state index contributed by atoms with van der Waals surface area (Å²) >= 11 is 5.96. The molecular weight excluding hydrogens is 496 g/mol. The monoisotopic (exact) mass is 513 g/mol. The number of carbonyl (C=O) groups is 1. The number of amides is 1. The molecule has 9 nitrogen and oxygen atoms in total. The number of nitrogens with one attached hydrogen (secondary N) is 1. The Hall–Kier alpha value is -4.12. The average molecular weight is 514 g/mol. The second-order valence-electron chi connectivity index (χ2n) is 8.42. The molecule has 1 fully saturated rings. The van der Waals surface area contributed by atoms with Crippen LogP contribution in [0.1, 0.15) is 52.6 Å². The van der Waals surface area contributed by atoms with Crippen LogP contribution in [0.15, 0.2) is 48.5 Å². The molecule has 0 unspecified atom stereocenters. The fraction of sp³-hybridized carbons (Fsp3) is 0.208. The van der Waals surface area contributed by atoms with Crippen molar-refractivity contribution < 1.29 is 23.2 Å². The number of ether oxygens (including phenoxy) is 1. The van der Waals surface area contributed by atoms with E-state index < -0.39 is 17.3 Å². The van der Waals surface area contributed by atoms with Gasteiger partial charge >= 0.3 is 0 Å². The van der Waals surface area contributed by atoms with E-state index in [9.17, 15) is 23.7 Å². The first-order chi connectivity index (χ1) is 17.2. The molecule has 36 heavy (non-hydrogen) atoms. The van der Waals surface area contributed by atoms with Crippen LogP contribution >= 0.6 is 11.6 Å². The zero-order valence-corrected chi connectivity index (χ0v) is 19.5. The van der Waals surface area contributed by atoms with Crippen molar-refractivity contribution in [3.63, 3.8) is 0 Å². The van der Waals surface area contributed by atoms with Gasteiger partial charge in [0.25, 0.3) is 18.0 Å². The molecule has 0 radical (unpaired) electrons. The third-order valence-electron chi connectivity index (χ3n) is 5.65. The van der Waals surface area contributed by atoms with Gasteiger partial charge in [-0.25, -0.2) is 18.3 Å². The maximum Gasteiger partial charge on any atom is 0.280 e. The van der Waals surface area contributed by atoms with Gasteiger partial charge < -0.3 is 10.1 Å². The molecule has 0 bridgehead atoms. The molecule has 2 aromatic heterocycles. The smallest absolute Gasteiger partial charge is 0.280 e. The van der Waals surface area contributed by atoms with Gasteiger partial charge in [0.15, 0.2) is 11.3 Å². The first kappa shape index (κ1) is 23.6. The molecule has 0 atom stereocenters. The lowest BCUT2D eigenvalue weighted by atomic mass is 10.2. The predicted molar refractivity (Wildman–Crippen MR) is 127 cm³/mol. The average Bonchev–Trinajstić information content (AvgIpc) is 3.58. The van der Waals surface area contributed by atoms with E-state index in [4.69, 9.17) is 16.3 Å². The van der Waals surface area contributed by atoms with Crippen LogP contribution in [0.4, 0.5) is 20.2 Å². The Bertz CT molecular complexity index is 1520. The number of halogens is 3. The third kappa shape index (κ3) is 4.82. The number of anilines is 1. The summed E-state index contributed by atoms with van der Waals surface area (Å²) in [5.41, 5.74) is 0.597. The predicted octanol–water partition coefficient (Wildman–Crippen LogP) is 6.46. The minimum atomic E-state index is -2.81. The van der Waals surface area contributed by atoms with E-state index in [1.54, 1.807) is 25.1 Å². The van der Waals surface area contributed by atoms with Gasteiger partial charge in [-0.2, -0.15) is 5.10 Å². The van der Waals surface area contributed by atoms with Crippen molar-refractivity contribution in [3.05, 3.63) is 86.3 Å². The van der Waals surface area contributed by atoms with E-state index in [0.29, 0.717) is 22.0 Å². The number of non-ortho nitro benzene ring substituents is 1. The fourth-order valence-corrected chi connectivity index (χ4v) is 3.97. The number of fused-ring (bicyclic) bond motifs is 1. The largest absolute Gasteiger partial charge is 0.457 e. The molecule has 0 spiro atoms. The van der Waals surface area contributed by atoms with E-state index in [0.717, 1.165) is 23.4 Å². The van der Waals surface area contributed by atoms with Gasteiger partial charge in [0, 0.05) is 34.8 Å². The number of nitro groups is 1. The molecule has 1 N–H and O–H groups in total. The van der Waals surface area contributed by atoms with Gasteiger partial charge in [-0.1, -0.05) is 11.6 Å². The van der Waals surface area contributed by atoms with Gasteiger partial charge in [0.1, 0.15) is 17.2 Å². The Balaban J connectivity index is 1.45. The van der Waals surface area contributed by atoms with E-state index in [1.807, 2.05) is 0 Å². The summed E-state index contributed by atoms with van der Waals surface area (Å²) in [6.07, 6.45) is -1.06. The van der Waals surface area contributed by atoms with Crippen LogP contribution in [-0.2, 0) is 0 Å². The summed E-state index contributed by atoms with van der Waals surface area (Å²) in [4.78, 5) is 28.1. The number of aromatic nitrogens is 3. The van der Waals surface area contributed by atoms with Crippen molar-refractivity contribution in [2.45, 2.75) is 32.1 Å². The van der Waals surface area contributed by atoms with Crippen LogP contribution < -0.4 is 10.1 Å². The van der Waals surface area contributed by atoms with Crippen molar-refractivity contribution in [1.82, 2.24) is 14.6 Å². The summed E-state index contributed by atoms with van der Waals surface area (Å²) in [6.45, 7) is 1.76. The van der Waals surface area contributed by atoms with Crippen molar-refractivity contribution in [2.24, 2.45) is 0 Å². The molecule has 0 saturated heterocycles. The molecule has 1 amide bonds. The summed E-state index contributed by atoms with van der Waals surface area (Å²) in [5.74, 6) is -0.0831. The van der Waals surface area contributed by atoms with E-state index in [-0.39, 0.29) is 40.1 Å². The second-order valence-corrected chi connectivity index (χ2v) is 8.86. The fourth-order valence-electron chi connectivity index (χ4n) is 3.74.